The van der Waals surface area contributed by atoms with E-state index in [0.717, 1.165) is 72.9 Å². The minimum absolute atomic E-state index is 0. The predicted octanol–water partition coefficient (Wildman–Crippen LogP) is 12.3. The van der Waals surface area contributed by atoms with E-state index in [9.17, 15) is 0 Å². The van der Waals surface area contributed by atoms with Crippen molar-refractivity contribution in [2.24, 2.45) is 5.41 Å². The first-order chi connectivity index (χ1) is 24.4. The van der Waals surface area contributed by atoms with Crippen LogP contribution in [0.2, 0.25) is 0 Å². The van der Waals surface area contributed by atoms with Gasteiger partial charge in [-0.05, 0) is 84.6 Å². The summed E-state index contributed by atoms with van der Waals surface area (Å²) in [5.41, 5.74) is 15.5. The van der Waals surface area contributed by atoms with Crippen molar-refractivity contribution < 1.29 is 24.5 Å². The molecule has 8 aromatic rings. The number of fused-ring (bicyclic) bond motifs is 5. The number of rotatable bonds is 4. The summed E-state index contributed by atoms with van der Waals surface area (Å²) in [7, 11) is 0. The van der Waals surface area contributed by atoms with Crippen LogP contribution in [0.3, 0.4) is 0 Å². The van der Waals surface area contributed by atoms with Crippen molar-refractivity contribution in [2.45, 2.75) is 61.8 Å². The molecule has 0 unspecified atom stereocenters. The summed E-state index contributed by atoms with van der Waals surface area (Å²) in [5, 5.41) is 4.38. The van der Waals surface area contributed by atoms with Gasteiger partial charge in [0.25, 0.3) is 0 Å². The summed E-state index contributed by atoms with van der Waals surface area (Å²) >= 11 is 0. The smallest absolute Gasteiger partial charge is 0.130 e. The molecule has 1 radical (unpaired) electrons. The molecule has 4 aromatic carbocycles. The normalized spacial score (nSPS) is 11.4. The van der Waals surface area contributed by atoms with Crippen molar-refractivity contribution in [3.8, 4) is 33.6 Å². The Labute approximate surface area is 320 Å². The monoisotopic (exact) mass is 858 g/mol. The number of pyridine rings is 3. The van der Waals surface area contributed by atoms with Crippen molar-refractivity contribution in [3.05, 3.63) is 149 Å². The molecule has 0 fully saturated rings. The van der Waals surface area contributed by atoms with E-state index in [-0.39, 0.29) is 20.1 Å². The van der Waals surface area contributed by atoms with E-state index in [0.29, 0.717) is 5.41 Å². The van der Waals surface area contributed by atoms with Crippen LogP contribution >= 0.6 is 0 Å². The average molecular weight is 858 g/mol. The van der Waals surface area contributed by atoms with Crippen molar-refractivity contribution in [1.29, 1.82) is 0 Å². The van der Waals surface area contributed by atoms with Gasteiger partial charge in [-0.3, -0.25) is 4.98 Å². The molecule has 0 aliphatic rings. The van der Waals surface area contributed by atoms with E-state index in [1.165, 1.54) is 33.4 Å². The Balaban J connectivity index is 0.000000175. The first kappa shape index (κ1) is 36.8. The summed E-state index contributed by atoms with van der Waals surface area (Å²) in [4.78, 5) is 13.6. The maximum Gasteiger partial charge on any atom is 0.130 e. The third kappa shape index (κ3) is 7.62. The van der Waals surface area contributed by atoms with Gasteiger partial charge in [-0.15, -0.1) is 47.5 Å². The van der Waals surface area contributed by atoms with E-state index in [4.69, 9.17) is 4.42 Å². The molecular weight excluding hydrogens is 815 g/mol. The molecule has 0 spiro atoms. The van der Waals surface area contributed by atoms with Crippen molar-refractivity contribution in [2.75, 3.05) is 0 Å². The van der Waals surface area contributed by atoms with E-state index in [1.54, 1.807) is 0 Å². The van der Waals surface area contributed by atoms with Crippen LogP contribution in [-0.2, 0) is 26.5 Å². The molecule has 52 heavy (non-hydrogen) atoms. The fourth-order valence-electron chi connectivity index (χ4n) is 6.64. The number of hydrogen-bond donors (Lipinski definition) is 0. The first-order valence-corrected chi connectivity index (χ1v) is 17.5. The molecule has 263 valence electrons. The van der Waals surface area contributed by atoms with Crippen LogP contribution in [0.4, 0.5) is 0 Å². The van der Waals surface area contributed by atoms with Gasteiger partial charge in [0, 0.05) is 55.2 Å². The Kier molecular flexibility index (Phi) is 10.6. The zero-order valence-electron chi connectivity index (χ0n) is 31.1. The van der Waals surface area contributed by atoms with E-state index >= 15 is 0 Å². The van der Waals surface area contributed by atoms with Crippen molar-refractivity contribution in [3.63, 3.8) is 0 Å². The summed E-state index contributed by atoms with van der Waals surface area (Å²) in [6, 6.07) is 36.4. The molecule has 0 amide bonds. The topological polar surface area (TPSA) is 51.8 Å². The zero-order chi connectivity index (χ0) is 35.9. The van der Waals surface area contributed by atoms with Crippen LogP contribution in [0.5, 0.6) is 0 Å². The van der Waals surface area contributed by atoms with Gasteiger partial charge in [-0.2, -0.15) is 0 Å². The summed E-state index contributed by atoms with van der Waals surface area (Å²) in [6.07, 6.45) is 6.74. The molecule has 4 aromatic heterocycles. The third-order valence-electron chi connectivity index (χ3n) is 9.49. The van der Waals surface area contributed by atoms with Crippen LogP contribution in [0.15, 0.2) is 108 Å². The van der Waals surface area contributed by atoms with Crippen LogP contribution in [0, 0.1) is 52.2 Å². The zero-order valence-corrected chi connectivity index (χ0v) is 33.5. The fraction of sp³-hybridized carbons (Fsp3) is 0.213. The Morgan fingerprint density at radius 2 is 1.42 bits per heavy atom. The second-order valence-electron chi connectivity index (χ2n) is 14.9. The molecule has 4 heterocycles. The van der Waals surface area contributed by atoms with Crippen LogP contribution in [-0.4, -0.2) is 15.0 Å². The van der Waals surface area contributed by atoms with Gasteiger partial charge in [0.15, 0.2) is 0 Å². The maximum absolute atomic E-state index is 6.35. The average Bonchev–Trinajstić information content (AvgIpc) is 3.49. The molecule has 0 saturated carbocycles. The second kappa shape index (κ2) is 14.9. The Morgan fingerprint density at radius 3 is 2.13 bits per heavy atom. The standard InChI is InChI=1S/C25H28N.C22H15N2O.Ir/c1-17-7-10-22(24-13-18(2)19(3)16-26-24)14-23(17)21-11-8-20(9-12-21)15-25(4,5)6;1-13-6-9-19(24-12-13)18-5-3-4-16-17-8-7-15-10-11-23-14(2)20(15)22(17)25-21(16)18;/h7-9,11-14,16H,15H2,1-6H3;3-4,6-12H,1-2H3;/q2*-1;. The molecule has 0 saturated heterocycles. The summed E-state index contributed by atoms with van der Waals surface area (Å²) < 4.78 is 6.35. The molecule has 0 aliphatic heterocycles. The molecule has 0 aliphatic carbocycles. The first-order valence-electron chi connectivity index (χ1n) is 17.5. The van der Waals surface area contributed by atoms with Gasteiger partial charge in [0.2, 0.25) is 0 Å². The van der Waals surface area contributed by atoms with Gasteiger partial charge in [-0.25, -0.2) is 0 Å². The fourth-order valence-corrected chi connectivity index (χ4v) is 6.64. The molecule has 5 heteroatoms. The SMILES string of the molecule is Cc1ccc(-c2[c-]ccc3c2oc2c3ccc3ccnc(C)c32)nc1.Cc1cnc(-c2[c-]cc(C)c(-c3ccc(CC(C)(C)C)cc3)c2)cc1C.[Ir]. The van der Waals surface area contributed by atoms with Gasteiger partial charge < -0.3 is 14.4 Å². The largest absolute Gasteiger partial charge is 0.500 e. The van der Waals surface area contributed by atoms with Crippen molar-refractivity contribution >= 4 is 32.7 Å². The predicted molar refractivity (Wildman–Crippen MR) is 212 cm³/mol. The van der Waals surface area contributed by atoms with Crippen molar-refractivity contribution in [1.82, 2.24) is 15.0 Å². The molecule has 4 nitrogen and oxygen atoms in total. The van der Waals surface area contributed by atoms with E-state index < -0.39 is 0 Å². The number of benzene rings is 4. The van der Waals surface area contributed by atoms with Gasteiger partial charge in [-0.1, -0.05) is 104 Å². The Hall–Kier alpha value is -4.96. The van der Waals surface area contributed by atoms with Crippen LogP contribution < -0.4 is 0 Å². The number of nitrogens with zero attached hydrogens (tertiary/aromatic N) is 3. The van der Waals surface area contributed by atoms with Gasteiger partial charge in [0.1, 0.15) is 5.58 Å². The van der Waals surface area contributed by atoms with Crippen LogP contribution in [0.1, 0.15) is 54.3 Å². The third-order valence-corrected chi connectivity index (χ3v) is 9.49. The minimum Gasteiger partial charge on any atom is -0.500 e. The summed E-state index contributed by atoms with van der Waals surface area (Å²) in [6.45, 7) is 17.3. The number of hydrogen-bond acceptors (Lipinski definition) is 4. The maximum atomic E-state index is 6.35. The molecule has 8 rings (SSSR count). The van der Waals surface area contributed by atoms with Gasteiger partial charge in [0.05, 0.1) is 5.58 Å². The van der Waals surface area contributed by atoms with E-state index in [1.807, 2.05) is 50.6 Å². The Morgan fingerprint density at radius 1 is 0.673 bits per heavy atom. The second-order valence-corrected chi connectivity index (χ2v) is 14.9. The number of furan rings is 1. The van der Waals surface area contributed by atoms with E-state index in [2.05, 4.69) is 135 Å². The van der Waals surface area contributed by atoms with Gasteiger partial charge >= 0.3 is 0 Å². The number of aromatic nitrogens is 3. The molecular formula is C47H43IrN3O-2. The Bertz CT molecular complexity index is 2520. The van der Waals surface area contributed by atoms with Crippen LogP contribution in [0.25, 0.3) is 66.4 Å². The summed E-state index contributed by atoms with van der Waals surface area (Å²) in [5.74, 6) is 0. The quantitative estimate of drug-likeness (QED) is 0.165. The molecule has 0 atom stereocenters. The molecule has 0 bridgehead atoms. The number of aryl methyl sites for hydroxylation is 5. The molecule has 0 N–H and O–H groups in total. The minimum atomic E-state index is 0.